The molecule has 0 unspecified atom stereocenters. The van der Waals surface area contributed by atoms with E-state index in [9.17, 15) is 32.3 Å². The molecule has 11 nitrogen and oxygen atoms in total. The zero-order chi connectivity index (χ0) is 28.1. The maximum atomic E-state index is 12.2. The summed E-state index contributed by atoms with van der Waals surface area (Å²) in [5.74, 6) is -3.16. The zero-order valence-corrected chi connectivity index (χ0v) is 20.7. The van der Waals surface area contributed by atoms with Crippen LogP contribution in [0, 0.1) is 0 Å². The first-order valence-corrected chi connectivity index (χ1v) is 11.3. The highest BCUT2D eigenvalue weighted by Crippen LogP contribution is 2.24. The van der Waals surface area contributed by atoms with E-state index in [1.807, 2.05) is 0 Å². The standard InChI is InChI=1S/C23H33F3O11.CH4/c1-17(2)21(29)36-8-4-6-20(28)35-15-13-33-16-32-11-10-31-12-14-34-19(27)7-5-9-37-22(30)18(3)23(24,25)26;/h1,3-16H2,2H3;1H4. The van der Waals surface area contributed by atoms with E-state index in [0.29, 0.717) is 6.42 Å². The van der Waals surface area contributed by atoms with Crippen molar-refractivity contribution in [3.63, 3.8) is 0 Å². The van der Waals surface area contributed by atoms with Crippen molar-refractivity contribution in [3.8, 4) is 0 Å². The molecule has 0 bridgehead atoms. The number of halogens is 3. The second kappa shape index (κ2) is 22.1. The third-order valence-corrected chi connectivity index (χ3v) is 3.97. The van der Waals surface area contributed by atoms with Gasteiger partial charge in [-0.15, -0.1) is 0 Å². The number of carbonyl (C=O) groups excluding carboxylic acids is 4. The predicted octanol–water partition coefficient (Wildman–Crippen LogP) is 3.06. The molecule has 0 fully saturated rings. The molecule has 0 amide bonds. The highest BCUT2D eigenvalue weighted by atomic mass is 19.4. The second-order valence-corrected chi connectivity index (χ2v) is 7.22. The molecule has 0 saturated carbocycles. The summed E-state index contributed by atoms with van der Waals surface area (Å²) in [4.78, 5) is 45.2. The summed E-state index contributed by atoms with van der Waals surface area (Å²) in [5.41, 5.74) is -1.33. The molecule has 0 saturated heterocycles. The van der Waals surface area contributed by atoms with Gasteiger partial charge < -0.3 is 33.2 Å². The fraction of sp³-hybridized carbons (Fsp3) is 0.667. The monoisotopic (exact) mass is 558 g/mol. The van der Waals surface area contributed by atoms with Crippen LogP contribution in [0.3, 0.4) is 0 Å². The van der Waals surface area contributed by atoms with Crippen LogP contribution in [0.1, 0.15) is 40.0 Å². The van der Waals surface area contributed by atoms with E-state index in [1.54, 1.807) is 0 Å². The minimum atomic E-state index is -4.86. The lowest BCUT2D eigenvalue weighted by Crippen LogP contribution is -2.21. The number of carbonyl (C=O) groups is 4. The minimum absolute atomic E-state index is 0. The van der Waals surface area contributed by atoms with Crippen LogP contribution in [0.2, 0.25) is 0 Å². The topological polar surface area (TPSA) is 133 Å². The van der Waals surface area contributed by atoms with Gasteiger partial charge in [0.15, 0.2) is 0 Å². The molecule has 0 radical (unpaired) electrons. The quantitative estimate of drug-likeness (QED) is 0.0677. The first-order valence-electron chi connectivity index (χ1n) is 11.3. The fourth-order valence-corrected chi connectivity index (χ4v) is 2.06. The Balaban J connectivity index is 0. The first-order chi connectivity index (χ1) is 17.4. The maximum absolute atomic E-state index is 12.2. The van der Waals surface area contributed by atoms with E-state index < -0.39 is 35.6 Å². The van der Waals surface area contributed by atoms with Gasteiger partial charge in [0.25, 0.3) is 0 Å². The predicted molar refractivity (Wildman–Crippen MR) is 127 cm³/mol. The average Bonchev–Trinajstić information content (AvgIpc) is 2.83. The highest BCUT2D eigenvalue weighted by molar-refractivity contribution is 5.89. The fourth-order valence-electron chi connectivity index (χ4n) is 2.06. The molecular weight excluding hydrogens is 521 g/mol. The Bertz CT molecular complexity index is 751. The number of hydrogen-bond acceptors (Lipinski definition) is 11. The summed E-state index contributed by atoms with van der Waals surface area (Å²) in [6.07, 6.45) is -4.58. The number of esters is 4. The molecule has 220 valence electrons. The molecule has 0 heterocycles. The van der Waals surface area contributed by atoms with E-state index in [2.05, 4.69) is 17.9 Å². The van der Waals surface area contributed by atoms with Crippen LogP contribution in [0.25, 0.3) is 0 Å². The minimum Gasteiger partial charge on any atom is -0.463 e. The van der Waals surface area contributed by atoms with Crippen LogP contribution in [0.5, 0.6) is 0 Å². The molecule has 0 rings (SSSR count). The van der Waals surface area contributed by atoms with E-state index >= 15 is 0 Å². The van der Waals surface area contributed by atoms with Crippen LogP contribution in [-0.4, -0.2) is 89.7 Å². The second-order valence-electron chi connectivity index (χ2n) is 7.22. The number of hydrogen-bond donors (Lipinski definition) is 0. The molecule has 0 aromatic rings. The van der Waals surface area contributed by atoms with Crippen molar-refractivity contribution in [3.05, 3.63) is 24.3 Å². The van der Waals surface area contributed by atoms with Gasteiger partial charge in [-0.2, -0.15) is 13.2 Å². The third-order valence-electron chi connectivity index (χ3n) is 3.97. The normalized spacial score (nSPS) is 10.6. The van der Waals surface area contributed by atoms with Gasteiger partial charge >= 0.3 is 30.1 Å². The van der Waals surface area contributed by atoms with Crippen molar-refractivity contribution in [2.45, 2.75) is 46.2 Å². The Morgan fingerprint density at radius 2 is 1.05 bits per heavy atom. The number of ether oxygens (including phenoxy) is 7. The van der Waals surface area contributed by atoms with E-state index in [1.165, 1.54) is 6.92 Å². The molecular formula is C24H37F3O11. The molecule has 0 aliphatic rings. The molecule has 14 heteroatoms. The van der Waals surface area contributed by atoms with Crippen molar-refractivity contribution in [2.24, 2.45) is 0 Å². The van der Waals surface area contributed by atoms with Gasteiger partial charge in [-0.1, -0.05) is 20.6 Å². The summed E-state index contributed by atoms with van der Waals surface area (Å²) < 4.78 is 71.2. The molecule has 0 aromatic heterocycles. The smallest absolute Gasteiger partial charge is 0.422 e. The summed E-state index contributed by atoms with van der Waals surface area (Å²) in [6, 6.07) is 0. The van der Waals surface area contributed by atoms with E-state index in [-0.39, 0.29) is 91.9 Å². The lowest BCUT2D eigenvalue weighted by Gasteiger charge is -2.10. The summed E-state index contributed by atoms with van der Waals surface area (Å²) >= 11 is 0. The maximum Gasteiger partial charge on any atom is 0.422 e. The molecule has 0 aromatic carbocycles. The Kier molecular flexibility index (Phi) is 21.6. The van der Waals surface area contributed by atoms with Gasteiger partial charge in [0.2, 0.25) is 0 Å². The van der Waals surface area contributed by atoms with Crippen molar-refractivity contribution < 1.29 is 65.5 Å². The SMILES string of the molecule is C.C=C(C)C(=O)OCCCC(=O)OCCOCOCCOCCOC(=O)CCCOC(=O)C(=C)C(F)(F)F. The summed E-state index contributed by atoms with van der Waals surface area (Å²) in [6.45, 7) is 7.88. The lowest BCUT2D eigenvalue weighted by molar-refractivity contribution is -0.152. The van der Waals surface area contributed by atoms with Gasteiger partial charge in [0, 0.05) is 18.4 Å². The largest absolute Gasteiger partial charge is 0.463 e. The van der Waals surface area contributed by atoms with Crippen LogP contribution in [-0.2, 0) is 52.3 Å². The van der Waals surface area contributed by atoms with Gasteiger partial charge in [0.05, 0.1) is 39.6 Å². The Labute approximate surface area is 220 Å². The Hall–Kier alpha value is -2.97. The molecule has 0 spiro atoms. The molecule has 0 aliphatic heterocycles. The average molecular weight is 559 g/mol. The number of rotatable bonds is 21. The summed E-state index contributed by atoms with van der Waals surface area (Å²) in [7, 11) is 0. The zero-order valence-electron chi connectivity index (χ0n) is 20.7. The van der Waals surface area contributed by atoms with Crippen molar-refractivity contribution in [1.29, 1.82) is 0 Å². The van der Waals surface area contributed by atoms with Crippen LogP contribution >= 0.6 is 0 Å². The van der Waals surface area contributed by atoms with Crippen LogP contribution < -0.4 is 0 Å². The highest BCUT2D eigenvalue weighted by Gasteiger charge is 2.37. The Morgan fingerprint density at radius 1 is 0.632 bits per heavy atom. The van der Waals surface area contributed by atoms with Gasteiger partial charge in [-0.05, 0) is 19.8 Å². The van der Waals surface area contributed by atoms with Crippen LogP contribution in [0.15, 0.2) is 24.3 Å². The van der Waals surface area contributed by atoms with Crippen molar-refractivity contribution in [2.75, 3.05) is 59.6 Å². The molecule has 0 aliphatic carbocycles. The van der Waals surface area contributed by atoms with Crippen molar-refractivity contribution in [1.82, 2.24) is 0 Å². The third kappa shape index (κ3) is 21.1. The number of alkyl halides is 3. The summed E-state index contributed by atoms with van der Waals surface area (Å²) in [5, 5.41) is 0. The van der Waals surface area contributed by atoms with Gasteiger partial charge in [-0.25, -0.2) is 9.59 Å². The molecule has 38 heavy (non-hydrogen) atoms. The van der Waals surface area contributed by atoms with Crippen molar-refractivity contribution >= 4 is 23.9 Å². The molecule has 0 N–H and O–H groups in total. The Morgan fingerprint density at radius 3 is 1.53 bits per heavy atom. The van der Waals surface area contributed by atoms with E-state index in [0.717, 1.165) is 0 Å². The van der Waals surface area contributed by atoms with Gasteiger partial charge in [-0.3, -0.25) is 9.59 Å². The molecule has 0 atom stereocenters. The lowest BCUT2D eigenvalue weighted by atomic mass is 10.3. The first kappa shape index (κ1) is 37.2. The van der Waals surface area contributed by atoms with Gasteiger partial charge in [0.1, 0.15) is 25.6 Å². The van der Waals surface area contributed by atoms with Crippen LogP contribution in [0.4, 0.5) is 13.2 Å². The van der Waals surface area contributed by atoms with E-state index in [4.69, 9.17) is 28.4 Å².